The van der Waals surface area contributed by atoms with Crippen LogP contribution in [0.5, 0.6) is 0 Å². The highest BCUT2D eigenvalue weighted by Gasteiger charge is 2.37. The molecule has 2 heterocycles. The Kier molecular flexibility index (Phi) is 7.87. The molecule has 1 unspecified atom stereocenters. The molecule has 1 aromatic carbocycles. The molecule has 1 aliphatic rings. The summed E-state index contributed by atoms with van der Waals surface area (Å²) >= 11 is 0. The van der Waals surface area contributed by atoms with Gasteiger partial charge in [-0.15, -0.1) is 0 Å². The zero-order valence-corrected chi connectivity index (χ0v) is 19.5. The van der Waals surface area contributed by atoms with Crippen molar-refractivity contribution in [3.63, 3.8) is 0 Å². The van der Waals surface area contributed by atoms with E-state index < -0.39 is 29.1 Å². The molecule has 1 atom stereocenters. The van der Waals surface area contributed by atoms with Gasteiger partial charge in [-0.1, -0.05) is 44.9 Å². The number of nitrogens with one attached hydrogen (secondary N) is 1. The fourth-order valence-electron chi connectivity index (χ4n) is 3.84. The number of hydrogen-bond donors (Lipinski definition) is 3. The predicted molar refractivity (Wildman–Crippen MR) is 132 cm³/mol. The van der Waals surface area contributed by atoms with Crippen molar-refractivity contribution < 1.29 is 9.59 Å². The first kappa shape index (κ1) is 24.7. The number of carbonyl (C=O) groups is 2. The van der Waals surface area contributed by atoms with E-state index in [0.29, 0.717) is 25.1 Å². The van der Waals surface area contributed by atoms with E-state index in [-0.39, 0.29) is 30.2 Å². The number of aromatic amines is 1. The number of nitrogens with zero attached hydrogens (tertiary/aromatic N) is 4. The fraction of sp³-hybridized carbons (Fsp3) is 0.435. The minimum absolute atomic E-state index is 0.0149. The van der Waals surface area contributed by atoms with Gasteiger partial charge in [0.2, 0.25) is 5.91 Å². The van der Waals surface area contributed by atoms with Gasteiger partial charge in [-0.05, 0) is 25.0 Å². The standard InChI is InChI=1S/C23H31N7O4/c1-3-5-12-28(18-19(24)29(13-6-4-2)23(34)26-21(18)32)22(33)16-14-17(20(25)31)30(27-16)15-10-8-7-9-11-15/h7-11,17H,3-6,12-14,24H2,1-2H3,(H2,25,31)(H,26,32,34). The summed E-state index contributed by atoms with van der Waals surface area (Å²) in [6.45, 7) is 4.43. The Labute approximate surface area is 197 Å². The molecule has 2 amide bonds. The van der Waals surface area contributed by atoms with E-state index in [0.717, 1.165) is 12.8 Å². The number of para-hydroxylation sites is 1. The maximum Gasteiger partial charge on any atom is 0.330 e. The van der Waals surface area contributed by atoms with Crippen molar-refractivity contribution in [3.8, 4) is 0 Å². The van der Waals surface area contributed by atoms with Gasteiger partial charge in [0, 0.05) is 19.5 Å². The number of benzene rings is 1. The number of hydrazone groups is 1. The Balaban J connectivity index is 2.05. The molecular weight excluding hydrogens is 438 g/mol. The highest BCUT2D eigenvalue weighted by molar-refractivity contribution is 6.45. The van der Waals surface area contributed by atoms with Crippen molar-refractivity contribution in [1.29, 1.82) is 0 Å². The van der Waals surface area contributed by atoms with Crippen molar-refractivity contribution in [2.24, 2.45) is 10.8 Å². The number of anilines is 3. The Morgan fingerprint density at radius 1 is 1.15 bits per heavy atom. The lowest BCUT2D eigenvalue weighted by atomic mass is 10.1. The van der Waals surface area contributed by atoms with Crippen LogP contribution in [0.4, 0.5) is 17.2 Å². The third-order valence-electron chi connectivity index (χ3n) is 5.71. The van der Waals surface area contributed by atoms with Crippen molar-refractivity contribution in [1.82, 2.24) is 9.55 Å². The van der Waals surface area contributed by atoms with Gasteiger partial charge in [-0.2, -0.15) is 5.10 Å². The first-order chi connectivity index (χ1) is 16.3. The number of nitrogen functional groups attached to an aromatic ring is 1. The lowest BCUT2D eigenvalue weighted by Gasteiger charge is -2.24. The number of rotatable bonds is 10. The van der Waals surface area contributed by atoms with Gasteiger partial charge < -0.3 is 11.5 Å². The van der Waals surface area contributed by atoms with Gasteiger partial charge in [0.1, 0.15) is 17.6 Å². The van der Waals surface area contributed by atoms with E-state index in [4.69, 9.17) is 11.5 Å². The zero-order chi connectivity index (χ0) is 24.8. The second-order valence-corrected chi connectivity index (χ2v) is 8.16. The second-order valence-electron chi connectivity index (χ2n) is 8.16. The van der Waals surface area contributed by atoms with Gasteiger partial charge in [0.15, 0.2) is 5.69 Å². The molecule has 11 nitrogen and oxygen atoms in total. The highest BCUT2D eigenvalue weighted by Crippen LogP contribution is 2.26. The minimum Gasteiger partial charge on any atom is -0.383 e. The number of carbonyl (C=O) groups excluding carboxylic acids is 2. The Bertz CT molecular complexity index is 1190. The Morgan fingerprint density at radius 2 is 1.82 bits per heavy atom. The van der Waals surface area contributed by atoms with Gasteiger partial charge in [0.05, 0.1) is 5.69 Å². The molecule has 3 rings (SSSR count). The normalized spacial score (nSPS) is 15.3. The molecule has 0 spiro atoms. The number of amides is 2. The summed E-state index contributed by atoms with van der Waals surface area (Å²) in [6, 6.07) is 8.07. The summed E-state index contributed by atoms with van der Waals surface area (Å²) in [6.07, 6.45) is 2.83. The average Bonchev–Trinajstić information content (AvgIpc) is 3.27. The molecule has 0 aliphatic carbocycles. The first-order valence-corrected chi connectivity index (χ1v) is 11.5. The maximum absolute atomic E-state index is 13.6. The molecule has 11 heteroatoms. The first-order valence-electron chi connectivity index (χ1n) is 11.5. The number of nitrogens with two attached hydrogens (primary N) is 2. The number of hydrogen-bond acceptors (Lipinski definition) is 7. The van der Waals surface area contributed by atoms with Crippen LogP contribution in [0.15, 0.2) is 45.0 Å². The quantitative estimate of drug-likeness (QED) is 0.473. The summed E-state index contributed by atoms with van der Waals surface area (Å²) < 4.78 is 1.27. The smallest absolute Gasteiger partial charge is 0.330 e. The van der Waals surface area contributed by atoms with Crippen LogP contribution in [0.2, 0.25) is 0 Å². The molecular formula is C23H31N7O4. The van der Waals surface area contributed by atoms with E-state index in [1.807, 2.05) is 19.9 Å². The van der Waals surface area contributed by atoms with Gasteiger partial charge in [-0.25, -0.2) is 4.79 Å². The van der Waals surface area contributed by atoms with Crippen LogP contribution in [0, 0.1) is 0 Å². The largest absolute Gasteiger partial charge is 0.383 e. The summed E-state index contributed by atoms with van der Waals surface area (Å²) in [4.78, 5) is 54.4. The monoisotopic (exact) mass is 469 g/mol. The van der Waals surface area contributed by atoms with E-state index in [9.17, 15) is 19.2 Å². The Hall–Kier alpha value is -3.89. The topological polar surface area (TPSA) is 160 Å². The van der Waals surface area contributed by atoms with E-state index in [2.05, 4.69) is 10.1 Å². The SMILES string of the molecule is CCCCN(C(=O)C1=NN(c2ccccc2)C(C(N)=O)C1)c1c(N)n(CCCC)c(=O)[nH]c1=O. The van der Waals surface area contributed by atoms with E-state index in [1.165, 1.54) is 14.5 Å². The van der Waals surface area contributed by atoms with Crippen molar-refractivity contribution in [3.05, 3.63) is 51.2 Å². The maximum atomic E-state index is 13.6. The molecule has 0 bridgehead atoms. The van der Waals surface area contributed by atoms with Crippen LogP contribution in [0.1, 0.15) is 46.0 Å². The van der Waals surface area contributed by atoms with Crippen molar-refractivity contribution in [2.75, 3.05) is 22.2 Å². The molecule has 5 N–H and O–H groups in total. The third-order valence-corrected chi connectivity index (χ3v) is 5.71. The third kappa shape index (κ3) is 5.03. The van der Waals surface area contributed by atoms with Crippen LogP contribution in [-0.2, 0) is 16.1 Å². The van der Waals surface area contributed by atoms with Gasteiger partial charge in [0.25, 0.3) is 11.5 Å². The lowest BCUT2D eigenvalue weighted by molar-refractivity contribution is -0.119. The van der Waals surface area contributed by atoms with Crippen LogP contribution in [0.3, 0.4) is 0 Å². The zero-order valence-electron chi connectivity index (χ0n) is 19.5. The molecule has 182 valence electrons. The van der Waals surface area contributed by atoms with Crippen LogP contribution >= 0.6 is 0 Å². The summed E-state index contributed by atoms with van der Waals surface area (Å²) in [7, 11) is 0. The lowest BCUT2D eigenvalue weighted by Crippen LogP contribution is -2.44. The fourth-order valence-corrected chi connectivity index (χ4v) is 3.84. The summed E-state index contributed by atoms with van der Waals surface area (Å²) in [5.74, 6) is -1.26. The number of aromatic nitrogens is 2. The average molecular weight is 470 g/mol. The van der Waals surface area contributed by atoms with Crippen molar-refractivity contribution >= 4 is 34.7 Å². The second kappa shape index (κ2) is 10.8. The molecule has 0 radical (unpaired) electrons. The molecule has 2 aromatic rings. The number of unbranched alkanes of at least 4 members (excludes halogenated alkanes) is 2. The van der Waals surface area contributed by atoms with E-state index >= 15 is 0 Å². The van der Waals surface area contributed by atoms with Crippen LogP contribution in [0.25, 0.3) is 0 Å². The predicted octanol–water partition coefficient (Wildman–Crippen LogP) is 1.17. The molecule has 1 aliphatic heterocycles. The minimum atomic E-state index is -0.844. The summed E-state index contributed by atoms with van der Waals surface area (Å²) in [5.41, 5.74) is 11.1. The summed E-state index contributed by atoms with van der Waals surface area (Å²) in [5, 5.41) is 5.82. The van der Waals surface area contributed by atoms with E-state index in [1.54, 1.807) is 24.3 Å². The van der Waals surface area contributed by atoms with Crippen LogP contribution in [-0.4, -0.2) is 39.7 Å². The molecule has 0 saturated carbocycles. The molecule has 0 saturated heterocycles. The molecule has 1 aromatic heterocycles. The van der Waals surface area contributed by atoms with Gasteiger partial charge >= 0.3 is 5.69 Å². The number of primary amides is 1. The van der Waals surface area contributed by atoms with Gasteiger partial charge in [-0.3, -0.25) is 33.8 Å². The number of H-pyrrole nitrogens is 1. The Morgan fingerprint density at radius 3 is 2.44 bits per heavy atom. The molecule has 0 fully saturated rings. The molecule has 34 heavy (non-hydrogen) atoms. The highest BCUT2D eigenvalue weighted by atomic mass is 16.2. The van der Waals surface area contributed by atoms with Crippen LogP contribution < -0.4 is 32.6 Å². The van der Waals surface area contributed by atoms with Crippen molar-refractivity contribution in [2.45, 2.75) is 58.5 Å².